The molecule has 27 heavy (non-hydrogen) atoms. The zero-order valence-electron chi connectivity index (χ0n) is 15.4. The van der Waals surface area contributed by atoms with Crippen LogP contribution in [0.1, 0.15) is 12.8 Å². The van der Waals surface area contributed by atoms with Gasteiger partial charge in [-0.1, -0.05) is 0 Å². The Balaban J connectivity index is 1.60. The molecule has 3 aromatic rings. The smallest absolute Gasteiger partial charge is 0.240 e. The molecule has 1 atom stereocenters. The normalized spacial score (nSPS) is 16.6. The molecule has 1 aromatic carbocycles. The van der Waals surface area contributed by atoms with Gasteiger partial charge in [-0.2, -0.15) is 0 Å². The first-order valence-electron chi connectivity index (χ1n) is 9.21. The molecule has 0 spiro atoms. The summed E-state index contributed by atoms with van der Waals surface area (Å²) in [7, 11) is 1.65. The first kappa shape index (κ1) is 17.5. The summed E-state index contributed by atoms with van der Waals surface area (Å²) in [5.74, 6) is 0.761. The van der Waals surface area contributed by atoms with E-state index in [0.29, 0.717) is 6.54 Å². The largest absolute Gasteiger partial charge is 0.497 e. The van der Waals surface area contributed by atoms with Crippen molar-refractivity contribution in [2.24, 2.45) is 0 Å². The molecule has 3 heterocycles. The lowest BCUT2D eigenvalue weighted by molar-refractivity contribution is -0.122. The Labute approximate surface area is 158 Å². The minimum atomic E-state index is -0.0385. The Bertz CT molecular complexity index is 927. The number of hydrogen-bond donors (Lipinski definition) is 1. The van der Waals surface area contributed by atoms with Gasteiger partial charge in [-0.25, -0.2) is 4.98 Å². The molecular weight excluding hydrogens is 342 g/mol. The van der Waals surface area contributed by atoms with Gasteiger partial charge in [0.05, 0.1) is 18.9 Å². The number of ether oxygens (including phenoxy) is 2. The maximum absolute atomic E-state index is 12.6. The second-order valence-electron chi connectivity index (χ2n) is 6.70. The highest BCUT2D eigenvalue weighted by Crippen LogP contribution is 2.28. The van der Waals surface area contributed by atoms with Crippen LogP contribution in [0.25, 0.3) is 22.3 Å². The average molecular weight is 365 g/mol. The molecule has 140 valence electrons. The predicted molar refractivity (Wildman–Crippen MR) is 104 cm³/mol. The fourth-order valence-electron chi connectivity index (χ4n) is 3.48. The van der Waals surface area contributed by atoms with E-state index in [1.165, 1.54) is 0 Å². The Hall–Kier alpha value is -2.86. The maximum atomic E-state index is 12.6. The lowest BCUT2D eigenvalue weighted by atomic mass is 10.1. The zero-order chi connectivity index (χ0) is 18.6. The number of aromatic nitrogens is 2. The average Bonchev–Trinajstić information content (AvgIpc) is 3.35. The Morgan fingerprint density at radius 2 is 2.19 bits per heavy atom. The van der Waals surface area contributed by atoms with Crippen molar-refractivity contribution in [3.8, 4) is 17.0 Å². The lowest BCUT2D eigenvalue weighted by Crippen LogP contribution is -2.34. The van der Waals surface area contributed by atoms with Crippen LogP contribution in [-0.4, -0.2) is 41.8 Å². The Kier molecular flexibility index (Phi) is 5.07. The van der Waals surface area contributed by atoms with Crippen LogP contribution < -0.4 is 10.1 Å². The third kappa shape index (κ3) is 3.80. The molecule has 1 aliphatic rings. The van der Waals surface area contributed by atoms with E-state index in [1.807, 2.05) is 41.0 Å². The molecule has 0 radical (unpaired) electrons. The van der Waals surface area contributed by atoms with E-state index in [1.54, 1.807) is 13.3 Å². The van der Waals surface area contributed by atoms with Crippen molar-refractivity contribution in [3.63, 3.8) is 0 Å². The molecule has 1 saturated heterocycles. The monoisotopic (exact) mass is 365 g/mol. The SMILES string of the molecule is COc1ccc(-c2cc3cccnc3n2CC(=O)NC[C@@H]2CCCO2)cc1. The number of benzene rings is 1. The van der Waals surface area contributed by atoms with Gasteiger partial charge in [0.1, 0.15) is 17.9 Å². The standard InChI is InChI=1S/C21H23N3O3/c1-26-17-8-6-15(7-9-17)19-12-16-4-2-10-22-21(16)24(19)14-20(25)23-13-18-5-3-11-27-18/h2,4,6-10,12,18H,3,5,11,13-14H2,1H3,(H,23,25)/t18-/m0/s1. The highest BCUT2D eigenvalue weighted by Gasteiger charge is 2.18. The zero-order valence-corrected chi connectivity index (χ0v) is 15.4. The number of pyridine rings is 1. The number of hydrogen-bond acceptors (Lipinski definition) is 4. The van der Waals surface area contributed by atoms with Crippen LogP contribution in [0.2, 0.25) is 0 Å². The summed E-state index contributed by atoms with van der Waals surface area (Å²) in [6.45, 7) is 1.56. The molecule has 1 amide bonds. The molecule has 1 N–H and O–H groups in total. The lowest BCUT2D eigenvalue weighted by Gasteiger charge is -2.13. The summed E-state index contributed by atoms with van der Waals surface area (Å²) in [6.07, 6.45) is 3.95. The van der Waals surface area contributed by atoms with Crippen molar-refractivity contribution in [1.82, 2.24) is 14.9 Å². The topological polar surface area (TPSA) is 65.4 Å². The molecule has 6 nitrogen and oxygen atoms in total. The fraction of sp³-hybridized carbons (Fsp3) is 0.333. The van der Waals surface area contributed by atoms with Crippen molar-refractivity contribution < 1.29 is 14.3 Å². The molecule has 4 rings (SSSR count). The Morgan fingerprint density at radius 1 is 1.33 bits per heavy atom. The minimum Gasteiger partial charge on any atom is -0.497 e. The van der Waals surface area contributed by atoms with Crippen molar-refractivity contribution >= 4 is 16.9 Å². The molecule has 0 saturated carbocycles. The van der Waals surface area contributed by atoms with Crippen LogP contribution in [0, 0.1) is 0 Å². The van der Waals surface area contributed by atoms with Crippen molar-refractivity contribution in [3.05, 3.63) is 48.7 Å². The van der Waals surface area contributed by atoms with E-state index in [2.05, 4.69) is 16.4 Å². The second kappa shape index (κ2) is 7.80. The number of nitrogens with one attached hydrogen (secondary N) is 1. The number of nitrogens with zero attached hydrogens (tertiary/aromatic N) is 2. The van der Waals surface area contributed by atoms with Crippen molar-refractivity contribution in [2.45, 2.75) is 25.5 Å². The third-order valence-electron chi connectivity index (χ3n) is 4.89. The van der Waals surface area contributed by atoms with Crippen LogP contribution in [0.5, 0.6) is 5.75 Å². The molecule has 0 aliphatic carbocycles. The molecular formula is C21H23N3O3. The van der Waals surface area contributed by atoms with Gasteiger partial charge in [0.15, 0.2) is 0 Å². The predicted octanol–water partition coefficient (Wildman–Crippen LogP) is 3.01. The van der Waals surface area contributed by atoms with Gasteiger partial charge in [0.2, 0.25) is 5.91 Å². The second-order valence-corrected chi connectivity index (χ2v) is 6.70. The summed E-state index contributed by atoms with van der Waals surface area (Å²) in [5, 5.41) is 4.00. The van der Waals surface area contributed by atoms with Crippen LogP contribution in [0.3, 0.4) is 0 Å². The maximum Gasteiger partial charge on any atom is 0.240 e. The minimum absolute atomic E-state index is 0.0385. The highest BCUT2D eigenvalue weighted by atomic mass is 16.5. The van der Waals surface area contributed by atoms with Gasteiger partial charge in [-0.05, 0) is 60.9 Å². The number of carbonyl (C=O) groups excluding carboxylic acids is 1. The third-order valence-corrected chi connectivity index (χ3v) is 4.89. The summed E-state index contributed by atoms with van der Waals surface area (Å²) >= 11 is 0. The highest BCUT2D eigenvalue weighted by molar-refractivity contribution is 5.87. The van der Waals surface area contributed by atoms with Gasteiger partial charge >= 0.3 is 0 Å². The summed E-state index contributed by atoms with van der Waals surface area (Å²) in [4.78, 5) is 17.0. The number of amides is 1. The van der Waals surface area contributed by atoms with E-state index in [0.717, 1.165) is 47.5 Å². The van der Waals surface area contributed by atoms with E-state index < -0.39 is 0 Å². The van der Waals surface area contributed by atoms with E-state index in [9.17, 15) is 4.79 Å². The van der Waals surface area contributed by atoms with Gasteiger partial charge in [-0.3, -0.25) is 4.79 Å². The van der Waals surface area contributed by atoms with Gasteiger partial charge in [-0.15, -0.1) is 0 Å². The molecule has 6 heteroatoms. The molecule has 1 fully saturated rings. The fourth-order valence-corrected chi connectivity index (χ4v) is 3.48. The van der Waals surface area contributed by atoms with Crippen LogP contribution >= 0.6 is 0 Å². The number of carbonyl (C=O) groups is 1. The number of rotatable bonds is 6. The van der Waals surface area contributed by atoms with Crippen molar-refractivity contribution in [1.29, 1.82) is 0 Å². The molecule has 1 aliphatic heterocycles. The first-order chi connectivity index (χ1) is 13.2. The van der Waals surface area contributed by atoms with E-state index in [4.69, 9.17) is 9.47 Å². The summed E-state index contributed by atoms with van der Waals surface area (Å²) < 4.78 is 12.8. The van der Waals surface area contributed by atoms with Gasteiger partial charge < -0.3 is 19.4 Å². The Morgan fingerprint density at radius 3 is 2.93 bits per heavy atom. The molecule has 0 unspecified atom stereocenters. The van der Waals surface area contributed by atoms with E-state index in [-0.39, 0.29) is 18.6 Å². The molecule has 0 bridgehead atoms. The molecule has 2 aromatic heterocycles. The summed E-state index contributed by atoms with van der Waals surface area (Å²) in [6, 6.07) is 13.8. The van der Waals surface area contributed by atoms with Crippen molar-refractivity contribution in [2.75, 3.05) is 20.3 Å². The van der Waals surface area contributed by atoms with Crippen LogP contribution in [0.15, 0.2) is 48.7 Å². The number of fused-ring (bicyclic) bond motifs is 1. The van der Waals surface area contributed by atoms with Gasteiger partial charge in [0, 0.05) is 24.7 Å². The van der Waals surface area contributed by atoms with Crippen LogP contribution in [0.4, 0.5) is 0 Å². The quantitative estimate of drug-likeness (QED) is 0.729. The van der Waals surface area contributed by atoms with Gasteiger partial charge in [0.25, 0.3) is 0 Å². The van der Waals surface area contributed by atoms with E-state index >= 15 is 0 Å². The number of methoxy groups -OCH3 is 1. The summed E-state index contributed by atoms with van der Waals surface area (Å²) in [5.41, 5.74) is 2.77. The van der Waals surface area contributed by atoms with Crippen LogP contribution in [-0.2, 0) is 16.1 Å². The first-order valence-corrected chi connectivity index (χ1v) is 9.21.